The topological polar surface area (TPSA) is 103 Å². The third kappa shape index (κ3) is 9.52. The Hall–Kier alpha value is -3.52. The molecule has 0 radical (unpaired) electrons. The number of hydrogen-bond acceptors (Lipinski definition) is 10. The van der Waals surface area contributed by atoms with Crippen LogP contribution in [0.5, 0.6) is 0 Å². The summed E-state index contributed by atoms with van der Waals surface area (Å²) in [6, 6.07) is 40.0. The summed E-state index contributed by atoms with van der Waals surface area (Å²) < 4.78 is 57.8. The van der Waals surface area contributed by atoms with Crippen LogP contribution < -0.4 is 0 Å². The summed E-state index contributed by atoms with van der Waals surface area (Å²) in [5.74, 6) is -0.859. The standard InChI is InChI=1S/C42H48O10/c1-42(2)51-36-34(49-40(43)38(36)52-42)28-48-41-39(47-26-32-21-13-6-14-22-32)37(46-25-31-19-11-5-12-20-31)35(45-24-30-17-9-4-10-18-30)33(50-41)27-44-23-29-15-7-3-8-16-29/h3-22,33-41,43H,23-28H2,1-2H3/t33?,34-,35+,36?,37?,38?,39?,40+,41+/m1/s1. The summed E-state index contributed by atoms with van der Waals surface area (Å²) in [5, 5.41) is 10.7. The van der Waals surface area contributed by atoms with Crippen molar-refractivity contribution in [3.63, 3.8) is 0 Å². The van der Waals surface area contributed by atoms with E-state index in [1.807, 2.05) is 135 Å². The van der Waals surface area contributed by atoms with E-state index in [4.69, 9.17) is 42.6 Å². The second kappa shape index (κ2) is 17.5. The molecule has 9 atom stereocenters. The average molecular weight is 713 g/mol. The van der Waals surface area contributed by atoms with Gasteiger partial charge in [-0.15, -0.1) is 0 Å². The molecule has 4 aromatic carbocycles. The molecule has 0 amide bonds. The number of benzene rings is 4. The van der Waals surface area contributed by atoms with E-state index in [2.05, 4.69) is 0 Å². The Morgan fingerprint density at radius 1 is 0.500 bits per heavy atom. The minimum absolute atomic E-state index is 0.0477. The molecule has 1 N–H and O–H groups in total. The van der Waals surface area contributed by atoms with Crippen molar-refractivity contribution >= 4 is 0 Å². The molecule has 52 heavy (non-hydrogen) atoms. The van der Waals surface area contributed by atoms with Crippen molar-refractivity contribution in [2.45, 2.75) is 101 Å². The second-order valence-electron chi connectivity index (χ2n) is 13.8. The normalized spacial score (nSPS) is 29.6. The Labute approximate surface area is 305 Å². The zero-order valence-electron chi connectivity index (χ0n) is 29.6. The van der Waals surface area contributed by atoms with Gasteiger partial charge in [0.2, 0.25) is 0 Å². The van der Waals surface area contributed by atoms with Crippen LogP contribution in [0, 0.1) is 0 Å². The van der Waals surface area contributed by atoms with Gasteiger partial charge in [-0.05, 0) is 36.1 Å². The summed E-state index contributed by atoms with van der Waals surface area (Å²) in [7, 11) is 0. The fourth-order valence-electron chi connectivity index (χ4n) is 6.86. The van der Waals surface area contributed by atoms with Gasteiger partial charge in [0, 0.05) is 0 Å². The number of aliphatic hydroxyl groups excluding tert-OH is 1. The molecular weight excluding hydrogens is 664 g/mol. The van der Waals surface area contributed by atoms with E-state index >= 15 is 0 Å². The first-order chi connectivity index (χ1) is 25.4. The molecule has 5 unspecified atom stereocenters. The molecule has 3 fully saturated rings. The van der Waals surface area contributed by atoms with Crippen LogP contribution >= 0.6 is 0 Å². The zero-order valence-corrected chi connectivity index (χ0v) is 29.6. The maximum Gasteiger partial charge on any atom is 0.187 e. The van der Waals surface area contributed by atoms with Gasteiger partial charge in [0.1, 0.15) is 42.7 Å². The zero-order chi connectivity index (χ0) is 35.8. The summed E-state index contributed by atoms with van der Waals surface area (Å²) in [5.41, 5.74) is 4.05. The van der Waals surface area contributed by atoms with Gasteiger partial charge >= 0.3 is 0 Å². The van der Waals surface area contributed by atoms with Gasteiger partial charge in [-0.25, -0.2) is 0 Å². The smallest absolute Gasteiger partial charge is 0.187 e. The molecule has 4 aromatic rings. The predicted molar refractivity (Wildman–Crippen MR) is 190 cm³/mol. The van der Waals surface area contributed by atoms with Crippen LogP contribution in [-0.2, 0) is 69.1 Å². The minimum atomic E-state index is -1.14. The lowest BCUT2D eigenvalue weighted by Crippen LogP contribution is -2.62. The van der Waals surface area contributed by atoms with Crippen molar-refractivity contribution in [2.75, 3.05) is 13.2 Å². The van der Waals surface area contributed by atoms with Gasteiger partial charge in [-0.2, -0.15) is 0 Å². The molecule has 3 heterocycles. The fraction of sp³-hybridized carbons (Fsp3) is 0.429. The first-order valence-corrected chi connectivity index (χ1v) is 18.0. The Morgan fingerprint density at radius 3 is 1.50 bits per heavy atom. The number of aliphatic hydroxyl groups is 1. The van der Waals surface area contributed by atoms with Crippen LogP contribution in [0.1, 0.15) is 36.1 Å². The highest BCUT2D eigenvalue weighted by molar-refractivity contribution is 5.16. The first kappa shape index (κ1) is 36.8. The third-order valence-electron chi connectivity index (χ3n) is 9.39. The van der Waals surface area contributed by atoms with Crippen molar-refractivity contribution in [1.29, 1.82) is 0 Å². The van der Waals surface area contributed by atoms with Crippen molar-refractivity contribution in [3.05, 3.63) is 144 Å². The minimum Gasteiger partial charge on any atom is -0.374 e. The van der Waals surface area contributed by atoms with Crippen LogP contribution in [0.25, 0.3) is 0 Å². The highest BCUT2D eigenvalue weighted by atomic mass is 16.8. The lowest BCUT2D eigenvalue weighted by Gasteiger charge is -2.46. The molecule has 10 heteroatoms. The van der Waals surface area contributed by atoms with Crippen LogP contribution in [0.4, 0.5) is 0 Å². The van der Waals surface area contributed by atoms with Gasteiger partial charge in [0.25, 0.3) is 0 Å². The number of hydrogen-bond donors (Lipinski definition) is 1. The molecule has 0 aliphatic carbocycles. The molecular formula is C42H48O10. The quantitative estimate of drug-likeness (QED) is 0.150. The number of fused-ring (bicyclic) bond motifs is 1. The van der Waals surface area contributed by atoms with Gasteiger partial charge in [-0.3, -0.25) is 0 Å². The molecule has 276 valence electrons. The Bertz CT molecular complexity index is 1630. The van der Waals surface area contributed by atoms with Crippen LogP contribution in [0.3, 0.4) is 0 Å². The Kier molecular flexibility index (Phi) is 12.4. The molecule has 0 aromatic heterocycles. The SMILES string of the molecule is CC1(C)OC2C(O1)[C@@H](CO[C@H]1OC(COCc3ccccc3)[C@H](OCc3ccccc3)C(OCc3ccccc3)C1OCc1ccccc1)O[C@@H]2O. The van der Waals surface area contributed by atoms with E-state index in [9.17, 15) is 5.11 Å². The van der Waals surface area contributed by atoms with Crippen LogP contribution in [-0.4, -0.2) is 79.4 Å². The van der Waals surface area contributed by atoms with E-state index in [0.29, 0.717) is 19.8 Å². The maximum atomic E-state index is 10.7. The molecule has 0 bridgehead atoms. The lowest BCUT2D eigenvalue weighted by molar-refractivity contribution is -0.333. The number of rotatable bonds is 16. The van der Waals surface area contributed by atoms with E-state index in [1.54, 1.807) is 0 Å². The van der Waals surface area contributed by atoms with Gasteiger partial charge < -0.3 is 47.7 Å². The van der Waals surface area contributed by atoms with Crippen LogP contribution in [0.15, 0.2) is 121 Å². The van der Waals surface area contributed by atoms with Crippen molar-refractivity contribution in [3.8, 4) is 0 Å². The van der Waals surface area contributed by atoms with Crippen molar-refractivity contribution in [1.82, 2.24) is 0 Å². The molecule has 0 spiro atoms. The van der Waals surface area contributed by atoms with E-state index in [0.717, 1.165) is 22.3 Å². The summed E-state index contributed by atoms with van der Waals surface area (Å²) in [4.78, 5) is 0. The molecule has 10 nitrogen and oxygen atoms in total. The second-order valence-corrected chi connectivity index (χ2v) is 13.8. The van der Waals surface area contributed by atoms with Crippen molar-refractivity contribution < 1.29 is 47.7 Å². The van der Waals surface area contributed by atoms with E-state index in [1.165, 1.54) is 0 Å². The fourth-order valence-corrected chi connectivity index (χ4v) is 6.86. The highest BCUT2D eigenvalue weighted by Crippen LogP contribution is 2.39. The van der Waals surface area contributed by atoms with Crippen LogP contribution in [0.2, 0.25) is 0 Å². The van der Waals surface area contributed by atoms with E-state index in [-0.39, 0.29) is 19.8 Å². The molecule has 3 saturated heterocycles. The average Bonchev–Trinajstić information content (AvgIpc) is 3.65. The largest absolute Gasteiger partial charge is 0.374 e. The third-order valence-corrected chi connectivity index (χ3v) is 9.39. The van der Waals surface area contributed by atoms with Crippen molar-refractivity contribution in [2.24, 2.45) is 0 Å². The van der Waals surface area contributed by atoms with Gasteiger partial charge in [0.05, 0.1) is 39.6 Å². The molecule has 0 saturated carbocycles. The molecule has 7 rings (SSSR count). The number of ether oxygens (including phenoxy) is 9. The van der Waals surface area contributed by atoms with Gasteiger partial charge in [0.15, 0.2) is 18.4 Å². The monoisotopic (exact) mass is 712 g/mol. The first-order valence-electron chi connectivity index (χ1n) is 18.0. The van der Waals surface area contributed by atoms with E-state index < -0.39 is 61.1 Å². The Balaban J connectivity index is 1.17. The summed E-state index contributed by atoms with van der Waals surface area (Å²) in [6.45, 7) is 5.21. The molecule has 3 aliphatic heterocycles. The summed E-state index contributed by atoms with van der Waals surface area (Å²) in [6.07, 6.45) is -6.37. The Morgan fingerprint density at radius 2 is 0.962 bits per heavy atom. The van der Waals surface area contributed by atoms with Gasteiger partial charge in [-0.1, -0.05) is 121 Å². The lowest BCUT2D eigenvalue weighted by atomic mass is 9.97. The molecule has 3 aliphatic rings. The highest BCUT2D eigenvalue weighted by Gasteiger charge is 2.56. The summed E-state index contributed by atoms with van der Waals surface area (Å²) >= 11 is 0. The predicted octanol–water partition coefficient (Wildman–Crippen LogP) is 5.94. The maximum absolute atomic E-state index is 10.7.